The van der Waals surface area contributed by atoms with Gasteiger partial charge in [-0.3, -0.25) is 4.79 Å². The Morgan fingerprint density at radius 1 is 0.941 bits per heavy atom. The van der Waals surface area contributed by atoms with Gasteiger partial charge >= 0.3 is 0 Å². The summed E-state index contributed by atoms with van der Waals surface area (Å²) in [5, 5.41) is 6.44. The predicted octanol–water partition coefficient (Wildman–Crippen LogP) is 2.22. The van der Waals surface area contributed by atoms with Gasteiger partial charge in [0.15, 0.2) is 0 Å². The maximum Gasteiger partial charge on any atom is 0.220 e. The summed E-state index contributed by atoms with van der Waals surface area (Å²) in [4.78, 5) is 11.7. The number of carbonyl (C=O) groups excluding carboxylic acids is 1. The minimum absolute atomic E-state index is 0.259. The van der Waals surface area contributed by atoms with Crippen molar-refractivity contribution >= 4 is 5.91 Å². The van der Waals surface area contributed by atoms with Gasteiger partial charge in [-0.2, -0.15) is 0 Å². The van der Waals surface area contributed by atoms with Crippen LogP contribution in [-0.4, -0.2) is 25.0 Å². The molecule has 1 amide bonds. The van der Waals surface area contributed by atoms with Crippen molar-refractivity contribution in [1.82, 2.24) is 10.6 Å². The second-order valence-corrected chi connectivity index (χ2v) is 5.64. The van der Waals surface area contributed by atoms with Crippen LogP contribution in [0.15, 0.2) is 0 Å². The minimum Gasteiger partial charge on any atom is -0.355 e. The summed E-state index contributed by atoms with van der Waals surface area (Å²) in [5.74, 6) is 0.906. The molecule has 0 atom stereocenters. The van der Waals surface area contributed by atoms with Crippen LogP contribution in [0.3, 0.4) is 0 Å². The topological polar surface area (TPSA) is 41.1 Å². The fraction of sp³-hybridized carbons (Fsp3) is 0.929. The largest absolute Gasteiger partial charge is 0.355 e. The lowest BCUT2D eigenvalue weighted by Gasteiger charge is -2.13. The molecule has 0 aromatic rings. The van der Waals surface area contributed by atoms with Crippen LogP contribution >= 0.6 is 0 Å². The van der Waals surface area contributed by atoms with Crippen LogP contribution in [0.5, 0.6) is 0 Å². The fourth-order valence-electron chi connectivity index (χ4n) is 2.67. The van der Waals surface area contributed by atoms with Crippen molar-refractivity contribution in [2.75, 3.05) is 13.1 Å². The highest BCUT2D eigenvalue weighted by atomic mass is 16.1. The summed E-state index contributed by atoms with van der Waals surface area (Å²) in [6.07, 6.45) is 11.3. The lowest BCUT2D eigenvalue weighted by Crippen LogP contribution is -2.33. The monoisotopic (exact) mass is 238 g/mol. The number of nitrogens with one attached hydrogen (secondary N) is 2. The van der Waals surface area contributed by atoms with E-state index in [9.17, 15) is 4.79 Å². The second-order valence-electron chi connectivity index (χ2n) is 5.64. The third kappa shape index (κ3) is 5.53. The molecular weight excluding hydrogens is 212 g/mol. The minimum atomic E-state index is 0.259. The van der Waals surface area contributed by atoms with Crippen molar-refractivity contribution in [3.8, 4) is 0 Å². The SMILES string of the molecule is O=C(CC1CCCCCC1)NCCNC1CC1. The van der Waals surface area contributed by atoms with Crippen molar-refractivity contribution < 1.29 is 4.79 Å². The lowest BCUT2D eigenvalue weighted by atomic mass is 9.96. The van der Waals surface area contributed by atoms with Gasteiger partial charge in [0.05, 0.1) is 0 Å². The van der Waals surface area contributed by atoms with E-state index in [2.05, 4.69) is 10.6 Å². The molecule has 3 nitrogen and oxygen atoms in total. The van der Waals surface area contributed by atoms with E-state index in [-0.39, 0.29) is 5.91 Å². The molecule has 2 rings (SSSR count). The maximum atomic E-state index is 11.7. The van der Waals surface area contributed by atoms with Crippen LogP contribution in [0, 0.1) is 5.92 Å². The fourth-order valence-corrected chi connectivity index (χ4v) is 2.67. The Morgan fingerprint density at radius 3 is 2.29 bits per heavy atom. The van der Waals surface area contributed by atoms with Gasteiger partial charge in [0.25, 0.3) is 0 Å². The average molecular weight is 238 g/mol. The molecule has 0 spiro atoms. The quantitative estimate of drug-likeness (QED) is 0.550. The van der Waals surface area contributed by atoms with E-state index in [4.69, 9.17) is 0 Å². The zero-order valence-electron chi connectivity index (χ0n) is 10.8. The van der Waals surface area contributed by atoms with Crippen molar-refractivity contribution in [3.63, 3.8) is 0 Å². The van der Waals surface area contributed by atoms with E-state index in [0.717, 1.165) is 25.6 Å². The molecule has 0 aromatic heterocycles. The Kier molecular flexibility index (Phi) is 5.30. The van der Waals surface area contributed by atoms with Crippen molar-refractivity contribution in [3.05, 3.63) is 0 Å². The molecule has 2 saturated carbocycles. The van der Waals surface area contributed by atoms with Crippen molar-refractivity contribution in [2.24, 2.45) is 5.92 Å². The summed E-state index contributed by atoms with van der Waals surface area (Å²) >= 11 is 0. The molecule has 0 unspecified atom stereocenters. The Hall–Kier alpha value is -0.570. The van der Waals surface area contributed by atoms with Crippen LogP contribution in [0.1, 0.15) is 57.8 Å². The number of rotatable bonds is 6. The van der Waals surface area contributed by atoms with Crippen LogP contribution in [0.2, 0.25) is 0 Å². The molecule has 0 bridgehead atoms. The zero-order valence-corrected chi connectivity index (χ0v) is 10.8. The van der Waals surface area contributed by atoms with Gasteiger partial charge < -0.3 is 10.6 Å². The van der Waals surface area contributed by atoms with Crippen LogP contribution in [0.25, 0.3) is 0 Å². The second kappa shape index (κ2) is 7.00. The number of hydrogen-bond donors (Lipinski definition) is 2. The van der Waals surface area contributed by atoms with Crippen LogP contribution < -0.4 is 10.6 Å². The molecule has 3 heteroatoms. The first-order valence-electron chi connectivity index (χ1n) is 7.34. The highest BCUT2D eigenvalue weighted by molar-refractivity contribution is 5.76. The summed E-state index contributed by atoms with van der Waals surface area (Å²) in [5.41, 5.74) is 0. The smallest absolute Gasteiger partial charge is 0.220 e. The summed E-state index contributed by atoms with van der Waals surface area (Å²) in [6.45, 7) is 1.73. The molecule has 0 saturated heterocycles. The predicted molar refractivity (Wildman–Crippen MR) is 69.8 cm³/mol. The highest BCUT2D eigenvalue weighted by Crippen LogP contribution is 2.25. The van der Waals surface area contributed by atoms with E-state index in [1.54, 1.807) is 0 Å². The Balaban J connectivity index is 1.52. The van der Waals surface area contributed by atoms with Gasteiger partial charge in [0.2, 0.25) is 5.91 Å². The van der Waals surface area contributed by atoms with Gasteiger partial charge in [-0.1, -0.05) is 25.7 Å². The lowest BCUT2D eigenvalue weighted by molar-refractivity contribution is -0.122. The molecule has 2 fully saturated rings. The first-order valence-corrected chi connectivity index (χ1v) is 7.34. The third-order valence-electron chi connectivity index (χ3n) is 3.91. The molecule has 0 aliphatic heterocycles. The van der Waals surface area contributed by atoms with E-state index < -0.39 is 0 Å². The van der Waals surface area contributed by atoms with Crippen LogP contribution in [-0.2, 0) is 4.79 Å². The Labute approximate surface area is 105 Å². The normalized spacial score (nSPS) is 22.1. The van der Waals surface area contributed by atoms with Gasteiger partial charge in [0.1, 0.15) is 0 Å². The molecule has 17 heavy (non-hydrogen) atoms. The molecule has 2 N–H and O–H groups in total. The Morgan fingerprint density at radius 2 is 1.65 bits per heavy atom. The van der Waals surface area contributed by atoms with Crippen molar-refractivity contribution in [2.45, 2.75) is 63.8 Å². The highest BCUT2D eigenvalue weighted by Gasteiger charge is 2.20. The first kappa shape index (κ1) is 12.9. The third-order valence-corrected chi connectivity index (χ3v) is 3.91. The summed E-state index contributed by atoms with van der Waals surface area (Å²) in [6, 6.07) is 0.744. The molecule has 0 aromatic carbocycles. The summed E-state index contributed by atoms with van der Waals surface area (Å²) < 4.78 is 0. The standard InChI is InChI=1S/C14H26N2O/c17-14(16-10-9-15-13-7-8-13)11-12-5-3-1-2-4-6-12/h12-13,15H,1-11H2,(H,16,17). The van der Waals surface area contributed by atoms with Gasteiger partial charge in [-0.25, -0.2) is 0 Å². The van der Waals surface area contributed by atoms with E-state index in [1.165, 1.54) is 51.4 Å². The number of hydrogen-bond acceptors (Lipinski definition) is 2. The van der Waals surface area contributed by atoms with E-state index in [0.29, 0.717) is 5.92 Å². The zero-order chi connectivity index (χ0) is 11.9. The molecule has 98 valence electrons. The molecule has 0 heterocycles. The summed E-state index contributed by atoms with van der Waals surface area (Å²) in [7, 11) is 0. The average Bonchev–Trinajstić information content (AvgIpc) is 3.12. The maximum absolute atomic E-state index is 11.7. The Bertz CT molecular complexity index is 230. The molecule has 0 radical (unpaired) electrons. The molecular formula is C14H26N2O. The van der Waals surface area contributed by atoms with E-state index >= 15 is 0 Å². The van der Waals surface area contributed by atoms with Gasteiger partial charge in [-0.05, 0) is 31.6 Å². The van der Waals surface area contributed by atoms with Crippen LogP contribution in [0.4, 0.5) is 0 Å². The molecule has 2 aliphatic carbocycles. The van der Waals surface area contributed by atoms with Gasteiger partial charge in [0, 0.05) is 25.6 Å². The van der Waals surface area contributed by atoms with E-state index in [1.807, 2.05) is 0 Å². The first-order chi connectivity index (χ1) is 8.34. The van der Waals surface area contributed by atoms with Gasteiger partial charge in [-0.15, -0.1) is 0 Å². The molecule has 2 aliphatic rings. The number of amides is 1. The number of carbonyl (C=O) groups is 1. The van der Waals surface area contributed by atoms with Crippen molar-refractivity contribution in [1.29, 1.82) is 0 Å².